The molecule has 0 radical (unpaired) electrons. The number of allylic oxidation sites excluding steroid dienone is 4. The van der Waals surface area contributed by atoms with Crippen molar-refractivity contribution in [2.75, 3.05) is 0 Å². The molecule has 256 valence electrons. The quantitative estimate of drug-likeness (QED) is 0.200. The zero-order valence-electron chi connectivity index (χ0n) is 30.5. The lowest BCUT2D eigenvalue weighted by Crippen LogP contribution is -2.45. The predicted molar refractivity (Wildman–Crippen MR) is 193 cm³/mol. The van der Waals surface area contributed by atoms with Crippen LogP contribution in [0.3, 0.4) is 0 Å². The van der Waals surface area contributed by atoms with Crippen LogP contribution in [0.5, 0.6) is 23.0 Å². The van der Waals surface area contributed by atoms with E-state index in [4.69, 9.17) is 9.47 Å². The van der Waals surface area contributed by atoms with E-state index in [1.54, 1.807) is 0 Å². The molecule has 0 amide bonds. The molecule has 2 aromatic carbocycles. The molecule has 0 saturated carbocycles. The Morgan fingerprint density at radius 3 is 1.45 bits per heavy atom. The summed E-state index contributed by atoms with van der Waals surface area (Å²) < 4.78 is 13.5. The smallest absolute Gasteiger partial charge is 0.127 e. The molecule has 0 saturated heterocycles. The van der Waals surface area contributed by atoms with E-state index in [1.807, 2.05) is 0 Å². The Morgan fingerprint density at radius 1 is 0.660 bits per heavy atom. The van der Waals surface area contributed by atoms with Crippen LogP contribution in [-0.2, 0) is 19.3 Å². The summed E-state index contributed by atoms with van der Waals surface area (Å²) in [4.78, 5) is 0. The van der Waals surface area contributed by atoms with Crippen molar-refractivity contribution in [3.63, 3.8) is 0 Å². The van der Waals surface area contributed by atoms with Crippen molar-refractivity contribution in [3.8, 4) is 23.0 Å². The number of aromatic hydroxyl groups is 2. The van der Waals surface area contributed by atoms with Gasteiger partial charge in [0.15, 0.2) is 0 Å². The fourth-order valence-corrected chi connectivity index (χ4v) is 9.46. The summed E-state index contributed by atoms with van der Waals surface area (Å²) >= 11 is 0. The van der Waals surface area contributed by atoms with Crippen LogP contribution in [0.2, 0.25) is 0 Å². The Kier molecular flexibility index (Phi) is 9.55. The monoisotopic (exact) mass is 640 g/mol. The number of ether oxygens (including phenoxy) is 2. The van der Waals surface area contributed by atoms with Crippen LogP contribution in [-0.4, -0.2) is 21.4 Å². The lowest BCUT2D eigenvalue weighted by molar-refractivity contribution is 0.0104. The maximum absolute atomic E-state index is 12.4. The van der Waals surface area contributed by atoms with Gasteiger partial charge < -0.3 is 19.7 Å². The van der Waals surface area contributed by atoms with E-state index in [2.05, 4.69) is 79.7 Å². The Bertz CT molecular complexity index is 1440. The number of fused-ring (bicyclic) bond motifs is 6. The first-order valence-electron chi connectivity index (χ1n) is 18.8. The van der Waals surface area contributed by atoms with Crippen LogP contribution < -0.4 is 9.47 Å². The number of phenols is 2. The second-order valence-corrected chi connectivity index (χ2v) is 16.4. The minimum atomic E-state index is -0.303. The van der Waals surface area contributed by atoms with Crippen molar-refractivity contribution < 1.29 is 19.7 Å². The molecule has 2 heterocycles. The van der Waals surface area contributed by atoms with Crippen LogP contribution in [0, 0.1) is 11.8 Å². The van der Waals surface area contributed by atoms with Crippen molar-refractivity contribution in [2.45, 2.75) is 162 Å². The van der Waals surface area contributed by atoms with E-state index < -0.39 is 0 Å². The molecule has 4 aliphatic rings. The Balaban J connectivity index is 1.53. The van der Waals surface area contributed by atoms with Gasteiger partial charge in [0.2, 0.25) is 0 Å². The molecule has 4 heteroatoms. The van der Waals surface area contributed by atoms with Gasteiger partial charge in [-0.05, 0) is 116 Å². The summed E-state index contributed by atoms with van der Waals surface area (Å²) in [6.07, 6.45) is 18.0. The molecule has 4 nitrogen and oxygen atoms in total. The molecule has 2 N–H and O–H groups in total. The largest absolute Gasteiger partial charge is 0.507 e. The highest BCUT2D eigenvalue weighted by Crippen LogP contribution is 2.57. The minimum Gasteiger partial charge on any atom is -0.507 e. The van der Waals surface area contributed by atoms with E-state index in [1.165, 1.54) is 11.1 Å². The summed E-state index contributed by atoms with van der Waals surface area (Å²) in [5.74, 6) is 3.31. The van der Waals surface area contributed by atoms with Crippen LogP contribution in [0.15, 0.2) is 35.4 Å². The highest BCUT2D eigenvalue weighted by atomic mass is 16.5. The molecular weight excluding hydrogens is 580 g/mol. The molecule has 2 aliphatic heterocycles. The van der Waals surface area contributed by atoms with Crippen LogP contribution in [0.4, 0.5) is 0 Å². The molecule has 0 aromatic heterocycles. The molecule has 0 bridgehead atoms. The standard InChI is InChI=1S/C43H60O4/c1-9-11-13-15-28-23-36-38(32-21-26(3)17-19-34(32)42(5,6)46-36)40(44)30(28)25-31-29(16-14-12-10-2)24-37-39(41(31)45)33-22-27(4)18-20-35(33)43(7,8)47-37/h21-24,32-35,44-45H,9-20,25H2,1-8H3/t32-,33-,34-,35-/m1/s1. The normalized spacial score (nSPS) is 25.3. The Morgan fingerprint density at radius 2 is 1.06 bits per heavy atom. The third-order valence-corrected chi connectivity index (χ3v) is 12.1. The predicted octanol–water partition coefficient (Wildman–Crippen LogP) is 11.4. The van der Waals surface area contributed by atoms with Crippen molar-refractivity contribution in [1.29, 1.82) is 0 Å². The average Bonchev–Trinajstić information content (AvgIpc) is 2.99. The van der Waals surface area contributed by atoms with Gasteiger partial charge in [-0.3, -0.25) is 0 Å². The second-order valence-electron chi connectivity index (χ2n) is 16.4. The number of unbranched alkanes of at least 4 members (excludes halogenated alkanes) is 4. The number of benzene rings is 2. The topological polar surface area (TPSA) is 58.9 Å². The first-order valence-corrected chi connectivity index (χ1v) is 18.8. The molecule has 47 heavy (non-hydrogen) atoms. The average molecular weight is 641 g/mol. The molecule has 6 rings (SSSR count). The van der Waals surface area contributed by atoms with E-state index in [0.29, 0.717) is 29.8 Å². The molecule has 0 spiro atoms. The molecule has 0 unspecified atom stereocenters. The van der Waals surface area contributed by atoms with Crippen molar-refractivity contribution >= 4 is 0 Å². The Labute approximate surface area is 284 Å². The summed E-state index contributed by atoms with van der Waals surface area (Å²) in [5, 5.41) is 24.9. The summed E-state index contributed by atoms with van der Waals surface area (Å²) in [7, 11) is 0. The van der Waals surface area contributed by atoms with Gasteiger partial charge in [0, 0.05) is 52.3 Å². The van der Waals surface area contributed by atoms with Crippen LogP contribution in [0.25, 0.3) is 0 Å². The number of hydrogen-bond donors (Lipinski definition) is 2. The molecule has 2 aliphatic carbocycles. The van der Waals surface area contributed by atoms with Crippen LogP contribution >= 0.6 is 0 Å². The lowest BCUT2D eigenvalue weighted by Gasteiger charge is -2.47. The summed E-state index contributed by atoms with van der Waals surface area (Å²) in [6, 6.07) is 4.49. The number of hydrogen-bond acceptors (Lipinski definition) is 4. The van der Waals surface area contributed by atoms with E-state index in [9.17, 15) is 10.2 Å². The zero-order valence-corrected chi connectivity index (χ0v) is 30.5. The SMILES string of the molecule is CCCCCc1cc2c(c(O)c1Cc1c(CCCCC)cc3c(c1O)[C@@H]1C=C(C)CC[C@H]1C(C)(C)O3)[C@@H]1C=C(C)CC[C@H]1C(C)(C)O2. The Hall–Kier alpha value is -2.88. The second kappa shape index (κ2) is 13.2. The maximum atomic E-state index is 12.4. The van der Waals surface area contributed by atoms with Gasteiger partial charge in [-0.25, -0.2) is 0 Å². The van der Waals surface area contributed by atoms with Gasteiger partial charge >= 0.3 is 0 Å². The first kappa shape index (κ1) is 34.0. The summed E-state index contributed by atoms with van der Waals surface area (Å²) in [5.41, 5.74) is 8.31. The number of aryl methyl sites for hydroxylation is 2. The lowest BCUT2D eigenvalue weighted by atomic mass is 9.67. The molecule has 2 aromatic rings. The van der Waals surface area contributed by atoms with E-state index in [-0.39, 0.29) is 23.0 Å². The van der Waals surface area contributed by atoms with Crippen molar-refractivity contribution in [1.82, 2.24) is 0 Å². The van der Waals surface area contributed by atoms with E-state index >= 15 is 0 Å². The van der Waals surface area contributed by atoms with Gasteiger partial charge in [0.05, 0.1) is 0 Å². The van der Waals surface area contributed by atoms with Gasteiger partial charge in [-0.2, -0.15) is 0 Å². The summed E-state index contributed by atoms with van der Waals surface area (Å²) in [6.45, 7) is 17.8. The number of rotatable bonds is 10. The highest BCUT2D eigenvalue weighted by molar-refractivity contribution is 5.63. The fraction of sp³-hybridized carbons (Fsp3) is 0.628. The molecular formula is C43H60O4. The molecule has 4 atom stereocenters. The van der Waals surface area contributed by atoms with Crippen molar-refractivity contribution in [2.24, 2.45) is 11.8 Å². The molecule has 0 fully saturated rings. The van der Waals surface area contributed by atoms with Crippen LogP contribution in [0.1, 0.15) is 165 Å². The third kappa shape index (κ3) is 6.35. The third-order valence-electron chi connectivity index (χ3n) is 12.1. The van der Waals surface area contributed by atoms with Gasteiger partial charge in [-0.1, -0.05) is 62.8 Å². The van der Waals surface area contributed by atoms with Crippen molar-refractivity contribution in [3.05, 3.63) is 68.8 Å². The van der Waals surface area contributed by atoms with Gasteiger partial charge in [0.1, 0.15) is 34.2 Å². The minimum absolute atomic E-state index is 0.124. The fourth-order valence-electron chi connectivity index (χ4n) is 9.46. The first-order chi connectivity index (χ1) is 22.4. The zero-order chi connectivity index (χ0) is 33.7. The van der Waals surface area contributed by atoms with E-state index in [0.717, 1.165) is 122 Å². The maximum Gasteiger partial charge on any atom is 0.127 e. The number of phenolic OH excluding ortho intramolecular Hbond substituents is 2. The van der Waals surface area contributed by atoms with Gasteiger partial charge in [0.25, 0.3) is 0 Å². The highest BCUT2D eigenvalue weighted by Gasteiger charge is 2.47. The van der Waals surface area contributed by atoms with Gasteiger partial charge in [-0.15, -0.1) is 0 Å².